The minimum absolute atomic E-state index is 0. The molecular formula is C8H14ClN5O. The fraction of sp³-hybridized carbons (Fsp3) is 0.500. The van der Waals surface area contributed by atoms with E-state index < -0.39 is 0 Å². The Morgan fingerprint density at radius 1 is 1.27 bits per heavy atom. The fourth-order valence-corrected chi connectivity index (χ4v) is 1.42. The SMILES string of the molecule is C[C@@H]1Nc2nc(N)[nH]c(=O)c2N[C@@H]1C.Cl. The van der Waals surface area contributed by atoms with Crippen LogP contribution in [0.4, 0.5) is 17.5 Å². The van der Waals surface area contributed by atoms with Crippen LogP contribution in [0.15, 0.2) is 4.79 Å². The first-order chi connectivity index (χ1) is 6.58. The smallest absolute Gasteiger partial charge is 0.277 e. The van der Waals surface area contributed by atoms with Gasteiger partial charge < -0.3 is 16.4 Å². The third kappa shape index (κ3) is 1.99. The van der Waals surface area contributed by atoms with Crippen molar-refractivity contribution in [3.8, 4) is 0 Å². The highest BCUT2D eigenvalue weighted by molar-refractivity contribution is 5.85. The second-order valence-electron chi connectivity index (χ2n) is 3.54. The second kappa shape index (κ2) is 3.98. The zero-order valence-corrected chi connectivity index (χ0v) is 9.31. The van der Waals surface area contributed by atoms with Gasteiger partial charge >= 0.3 is 0 Å². The molecule has 0 spiro atoms. The van der Waals surface area contributed by atoms with Crippen LogP contribution in [-0.4, -0.2) is 22.1 Å². The van der Waals surface area contributed by atoms with Gasteiger partial charge in [-0.25, -0.2) is 0 Å². The molecule has 0 amide bonds. The lowest BCUT2D eigenvalue weighted by Gasteiger charge is -2.30. The van der Waals surface area contributed by atoms with Gasteiger partial charge in [0, 0.05) is 12.1 Å². The van der Waals surface area contributed by atoms with Crippen molar-refractivity contribution in [3.63, 3.8) is 0 Å². The molecule has 7 heteroatoms. The van der Waals surface area contributed by atoms with Crippen LogP contribution in [0.3, 0.4) is 0 Å². The molecule has 0 aromatic carbocycles. The van der Waals surface area contributed by atoms with E-state index in [1.165, 1.54) is 0 Å². The summed E-state index contributed by atoms with van der Waals surface area (Å²) in [7, 11) is 0. The number of halogens is 1. The molecule has 1 aliphatic rings. The number of aromatic amines is 1. The average molecular weight is 232 g/mol. The number of H-pyrrole nitrogens is 1. The van der Waals surface area contributed by atoms with Gasteiger partial charge in [0.25, 0.3) is 5.56 Å². The van der Waals surface area contributed by atoms with E-state index in [2.05, 4.69) is 20.6 Å². The Balaban J connectivity index is 0.00000112. The molecule has 0 saturated heterocycles. The summed E-state index contributed by atoms with van der Waals surface area (Å²) in [6, 6.07) is 0.408. The van der Waals surface area contributed by atoms with Crippen molar-refractivity contribution in [1.29, 1.82) is 0 Å². The number of nitrogen functional groups attached to an aromatic ring is 1. The van der Waals surface area contributed by atoms with Gasteiger partial charge in [-0.1, -0.05) is 0 Å². The number of rotatable bonds is 0. The molecule has 0 bridgehead atoms. The lowest BCUT2D eigenvalue weighted by molar-refractivity contribution is 0.656. The highest BCUT2D eigenvalue weighted by Gasteiger charge is 2.23. The van der Waals surface area contributed by atoms with Gasteiger partial charge in [0.2, 0.25) is 5.95 Å². The Hall–Kier alpha value is -1.43. The lowest BCUT2D eigenvalue weighted by Crippen LogP contribution is -2.41. The molecule has 2 rings (SSSR count). The maximum absolute atomic E-state index is 11.5. The Labute approximate surface area is 93.1 Å². The summed E-state index contributed by atoms with van der Waals surface area (Å²) in [6.45, 7) is 4.01. The minimum Gasteiger partial charge on any atom is -0.373 e. The first kappa shape index (κ1) is 11.6. The normalized spacial score (nSPS) is 23.1. The molecule has 2 heterocycles. The van der Waals surface area contributed by atoms with E-state index in [9.17, 15) is 4.79 Å². The number of hydrogen-bond donors (Lipinski definition) is 4. The van der Waals surface area contributed by atoms with Gasteiger partial charge in [-0.15, -0.1) is 12.4 Å². The standard InChI is InChI=1S/C8H13N5O.ClH/c1-3-4(2)11-6-5(10-3)7(14)13-8(9)12-6;/h3-4,10H,1-2H3,(H4,9,11,12,13,14);1H/t3-,4+;/m1./s1. The third-order valence-electron chi connectivity index (χ3n) is 2.42. The fourth-order valence-electron chi connectivity index (χ4n) is 1.42. The average Bonchev–Trinajstić information content (AvgIpc) is 2.08. The number of nitrogens with zero attached hydrogens (tertiary/aromatic N) is 1. The molecule has 84 valence electrons. The van der Waals surface area contributed by atoms with Crippen LogP contribution in [0, 0.1) is 0 Å². The van der Waals surface area contributed by atoms with Crippen LogP contribution in [0.2, 0.25) is 0 Å². The molecule has 5 N–H and O–H groups in total. The topological polar surface area (TPSA) is 95.8 Å². The van der Waals surface area contributed by atoms with Crippen molar-refractivity contribution in [2.45, 2.75) is 25.9 Å². The van der Waals surface area contributed by atoms with Gasteiger partial charge in [0.15, 0.2) is 5.82 Å². The van der Waals surface area contributed by atoms with Crippen LogP contribution in [0.1, 0.15) is 13.8 Å². The van der Waals surface area contributed by atoms with E-state index in [4.69, 9.17) is 5.73 Å². The molecule has 0 saturated carbocycles. The molecule has 2 atom stereocenters. The maximum Gasteiger partial charge on any atom is 0.277 e. The molecular weight excluding hydrogens is 218 g/mol. The van der Waals surface area contributed by atoms with Crippen molar-refractivity contribution in [3.05, 3.63) is 10.4 Å². The van der Waals surface area contributed by atoms with Crippen molar-refractivity contribution in [1.82, 2.24) is 9.97 Å². The van der Waals surface area contributed by atoms with E-state index >= 15 is 0 Å². The Morgan fingerprint density at radius 3 is 2.53 bits per heavy atom. The van der Waals surface area contributed by atoms with E-state index in [1.807, 2.05) is 13.8 Å². The highest BCUT2D eigenvalue weighted by Crippen LogP contribution is 2.22. The van der Waals surface area contributed by atoms with Gasteiger partial charge in [0.05, 0.1) is 0 Å². The molecule has 0 aliphatic carbocycles. The quantitative estimate of drug-likeness (QED) is 0.518. The van der Waals surface area contributed by atoms with Crippen LogP contribution >= 0.6 is 12.4 Å². The molecule has 1 aromatic rings. The molecule has 1 aliphatic heterocycles. The molecule has 15 heavy (non-hydrogen) atoms. The molecule has 0 fully saturated rings. The number of nitrogens with two attached hydrogens (primary N) is 1. The van der Waals surface area contributed by atoms with Crippen molar-refractivity contribution in [2.24, 2.45) is 0 Å². The zero-order chi connectivity index (χ0) is 10.3. The summed E-state index contributed by atoms with van der Waals surface area (Å²) in [5.74, 6) is 0.654. The molecule has 0 radical (unpaired) electrons. The summed E-state index contributed by atoms with van der Waals surface area (Å²) < 4.78 is 0. The summed E-state index contributed by atoms with van der Waals surface area (Å²) in [4.78, 5) is 17.9. The predicted octanol–water partition coefficient (Wildman–Crippen LogP) is 0.388. The molecule has 0 unspecified atom stereocenters. The predicted molar refractivity (Wildman–Crippen MR) is 62.7 cm³/mol. The Kier molecular flexibility index (Phi) is 3.09. The first-order valence-electron chi connectivity index (χ1n) is 4.51. The monoisotopic (exact) mass is 231 g/mol. The molecule has 6 nitrogen and oxygen atoms in total. The summed E-state index contributed by atoms with van der Waals surface area (Å²) in [5.41, 5.74) is 5.65. The minimum atomic E-state index is -0.237. The second-order valence-corrected chi connectivity index (χ2v) is 3.54. The Morgan fingerprint density at radius 2 is 1.87 bits per heavy atom. The van der Waals surface area contributed by atoms with Crippen LogP contribution in [0.5, 0.6) is 0 Å². The van der Waals surface area contributed by atoms with Crippen molar-refractivity contribution in [2.75, 3.05) is 16.4 Å². The number of fused-ring (bicyclic) bond motifs is 1. The Bertz CT molecular complexity index is 418. The summed E-state index contributed by atoms with van der Waals surface area (Å²) in [6.07, 6.45) is 0. The van der Waals surface area contributed by atoms with E-state index in [-0.39, 0.29) is 36.0 Å². The number of hydrogen-bond acceptors (Lipinski definition) is 5. The number of aromatic nitrogens is 2. The van der Waals surface area contributed by atoms with Gasteiger partial charge in [-0.3, -0.25) is 9.78 Å². The molecule has 1 aromatic heterocycles. The summed E-state index contributed by atoms with van der Waals surface area (Å²) in [5, 5.41) is 6.20. The van der Waals surface area contributed by atoms with Gasteiger partial charge in [-0.2, -0.15) is 4.98 Å². The first-order valence-corrected chi connectivity index (χ1v) is 4.51. The zero-order valence-electron chi connectivity index (χ0n) is 8.50. The van der Waals surface area contributed by atoms with E-state index in [1.54, 1.807) is 0 Å². The summed E-state index contributed by atoms with van der Waals surface area (Å²) >= 11 is 0. The van der Waals surface area contributed by atoms with Crippen LogP contribution in [0.25, 0.3) is 0 Å². The van der Waals surface area contributed by atoms with E-state index in [0.29, 0.717) is 11.5 Å². The van der Waals surface area contributed by atoms with Crippen LogP contribution in [-0.2, 0) is 0 Å². The van der Waals surface area contributed by atoms with Crippen LogP contribution < -0.4 is 21.9 Å². The number of nitrogens with one attached hydrogen (secondary N) is 3. The van der Waals surface area contributed by atoms with Gasteiger partial charge in [0.1, 0.15) is 5.69 Å². The largest absolute Gasteiger partial charge is 0.373 e. The lowest BCUT2D eigenvalue weighted by atomic mass is 10.1. The number of anilines is 3. The van der Waals surface area contributed by atoms with Crippen molar-refractivity contribution >= 4 is 29.9 Å². The highest BCUT2D eigenvalue weighted by atomic mass is 35.5. The third-order valence-corrected chi connectivity index (χ3v) is 2.42. The van der Waals surface area contributed by atoms with Gasteiger partial charge in [-0.05, 0) is 13.8 Å². The van der Waals surface area contributed by atoms with Crippen molar-refractivity contribution < 1.29 is 0 Å². The maximum atomic E-state index is 11.5. The van der Waals surface area contributed by atoms with E-state index in [0.717, 1.165) is 0 Å².